The van der Waals surface area contributed by atoms with Crippen LogP contribution in [0.4, 0.5) is 23.2 Å². The molecular weight excluding hydrogens is 316 g/mol. The molecule has 0 radical (unpaired) electrons. The molecule has 0 fully saturated rings. The Balaban J connectivity index is 0.000000231. The molecule has 0 atom stereocenters. The van der Waals surface area contributed by atoms with Crippen LogP contribution in [0.15, 0.2) is 24.3 Å². The van der Waals surface area contributed by atoms with Gasteiger partial charge in [0, 0.05) is 11.1 Å². The summed E-state index contributed by atoms with van der Waals surface area (Å²) in [4.78, 5) is 9.25. The van der Waals surface area contributed by atoms with Crippen molar-refractivity contribution in [2.75, 3.05) is 0 Å². The maximum Gasteiger partial charge on any atom is 0.275 e. The number of halogens is 4. The normalized spacial score (nSPS) is 9.61. The molecule has 2 aromatic rings. The highest BCUT2D eigenvalue weighted by Gasteiger charge is 2.13. The highest BCUT2D eigenvalue weighted by Crippen LogP contribution is 2.19. The van der Waals surface area contributed by atoms with Crippen LogP contribution in [0.5, 0.6) is 0 Å². The first-order valence-corrected chi connectivity index (χ1v) is 6.13. The molecule has 0 bridgehead atoms. The van der Waals surface area contributed by atoms with E-state index in [0.717, 1.165) is 12.1 Å². The molecule has 0 spiro atoms. The first-order valence-electron chi connectivity index (χ1n) is 6.13. The zero-order valence-electron chi connectivity index (χ0n) is 12.0. The molecular formula is C15H10F4N2O2. The molecule has 0 aliphatic rings. The van der Waals surface area contributed by atoms with Gasteiger partial charge in [-0.15, -0.1) is 0 Å². The van der Waals surface area contributed by atoms with Crippen LogP contribution in [-0.2, 0) is 0 Å². The summed E-state index contributed by atoms with van der Waals surface area (Å²) in [7, 11) is 0. The number of nitriles is 1. The van der Waals surface area contributed by atoms with Crippen LogP contribution in [0.3, 0.4) is 0 Å². The Bertz CT molecular complexity index is 755. The number of nitro groups is 1. The Morgan fingerprint density at radius 2 is 1.26 bits per heavy atom. The first kappa shape index (κ1) is 18.1. The number of rotatable bonds is 1. The third-order valence-electron chi connectivity index (χ3n) is 2.89. The molecule has 0 aromatic heterocycles. The average molecular weight is 326 g/mol. The van der Waals surface area contributed by atoms with Crippen LogP contribution in [0.1, 0.15) is 16.7 Å². The van der Waals surface area contributed by atoms with Gasteiger partial charge in [0.05, 0.1) is 28.7 Å². The van der Waals surface area contributed by atoms with Crippen LogP contribution < -0.4 is 0 Å². The topological polar surface area (TPSA) is 66.9 Å². The molecule has 8 heteroatoms. The second-order valence-electron chi connectivity index (χ2n) is 4.47. The van der Waals surface area contributed by atoms with E-state index >= 15 is 0 Å². The van der Waals surface area contributed by atoms with Gasteiger partial charge in [-0.3, -0.25) is 10.1 Å². The molecule has 0 aliphatic carbocycles. The van der Waals surface area contributed by atoms with Crippen molar-refractivity contribution in [2.45, 2.75) is 13.8 Å². The van der Waals surface area contributed by atoms with E-state index in [-0.39, 0.29) is 16.7 Å². The van der Waals surface area contributed by atoms with Crippen LogP contribution in [0, 0.1) is 58.6 Å². The van der Waals surface area contributed by atoms with Crippen LogP contribution in [0.25, 0.3) is 0 Å². The van der Waals surface area contributed by atoms with Gasteiger partial charge in [-0.1, -0.05) is 0 Å². The summed E-state index contributed by atoms with van der Waals surface area (Å²) in [6.07, 6.45) is 0. The summed E-state index contributed by atoms with van der Waals surface area (Å²) in [6, 6.07) is 5.07. The predicted octanol–water partition coefficient (Wildman–Crippen LogP) is 4.33. The largest absolute Gasteiger partial charge is 0.275 e. The molecule has 0 heterocycles. The monoisotopic (exact) mass is 326 g/mol. The quantitative estimate of drug-likeness (QED) is 0.445. The summed E-state index contributed by atoms with van der Waals surface area (Å²) in [5, 5.41) is 18.4. The van der Waals surface area contributed by atoms with E-state index < -0.39 is 33.9 Å². The van der Waals surface area contributed by atoms with E-state index in [1.54, 1.807) is 6.07 Å². The fourth-order valence-electron chi connectivity index (χ4n) is 1.45. The summed E-state index contributed by atoms with van der Waals surface area (Å²) < 4.78 is 50.6. The lowest BCUT2D eigenvalue weighted by Crippen LogP contribution is -1.94. The van der Waals surface area contributed by atoms with Crippen molar-refractivity contribution in [1.29, 1.82) is 5.26 Å². The van der Waals surface area contributed by atoms with Gasteiger partial charge < -0.3 is 0 Å². The molecule has 0 saturated carbocycles. The maximum absolute atomic E-state index is 12.7. The third-order valence-corrected chi connectivity index (χ3v) is 2.89. The van der Waals surface area contributed by atoms with E-state index in [9.17, 15) is 27.7 Å². The molecule has 0 unspecified atom stereocenters. The zero-order chi connectivity index (χ0) is 17.7. The van der Waals surface area contributed by atoms with Gasteiger partial charge in [0.1, 0.15) is 23.3 Å². The van der Waals surface area contributed by atoms with Gasteiger partial charge in [0.15, 0.2) is 0 Å². The zero-order valence-corrected chi connectivity index (χ0v) is 12.0. The van der Waals surface area contributed by atoms with Crippen molar-refractivity contribution in [1.82, 2.24) is 0 Å². The number of benzene rings is 2. The Labute approximate surface area is 128 Å². The van der Waals surface area contributed by atoms with E-state index in [0.29, 0.717) is 12.1 Å². The van der Waals surface area contributed by atoms with Crippen LogP contribution in [0.2, 0.25) is 0 Å². The molecule has 4 nitrogen and oxygen atoms in total. The Kier molecular flexibility index (Phi) is 5.79. The molecule has 0 N–H and O–H groups in total. The lowest BCUT2D eigenvalue weighted by Gasteiger charge is -1.97. The highest BCUT2D eigenvalue weighted by molar-refractivity contribution is 5.35. The molecule has 120 valence electrons. The van der Waals surface area contributed by atoms with Gasteiger partial charge in [-0.05, 0) is 26.0 Å². The molecule has 2 aromatic carbocycles. The Morgan fingerprint density at radius 1 is 0.913 bits per heavy atom. The molecule has 0 aliphatic heterocycles. The van der Waals surface area contributed by atoms with Gasteiger partial charge in [-0.25, -0.2) is 17.6 Å². The second-order valence-corrected chi connectivity index (χ2v) is 4.47. The second kappa shape index (κ2) is 7.35. The number of hydrogen-bond acceptors (Lipinski definition) is 3. The average Bonchev–Trinajstić information content (AvgIpc) is 2.49. The summed E-state index contributed by atoms with van der Waals surface area (Å²) in [5.41, 5.74) is -0.828. The smallest absolute Gasteiger partial charge is 0.258 e. The van der Waals surface area contributed by atoms with Crippen molar-refractivity contribution >= 4 is 5.69 Å². The van der Waals surface area contributed by atoms with Crippen LogP contribution in [-0.4, -0.2) is 4.92 Å². The first-order chi connectivity index (χ1) is 10.7. The highest BCUT2D eigenvalue weighted by atomic mass is 19.1. The Morgan fingerprint density at radius 3 is 1.57 bits per heavy atom. The third kappa shape index (κ3) is 4.51. The predicted molar refractivity (Wildman–Crippen MR) is 73.6 cm³/mol. The van der Waals surface area contributed by atoms with Crippen molar-refractivity contribution in [3.63, 3.8) is 0 Å². The minimum Gasteiger partial charge on any atom is -0.258 e. The van der Waals surface area contributed by atoms with E-state index in [2.05, 4.69) is 0 Å². The van der Waals surface area contributed by atoms with E-state index in [1.165, 1.54) is 13.8 Å². The standard InChI is InChI=1S/C8H5F2N.C7H5F2NO2/c1-5-7(9)2-6(4-11)3-8(5)10;1-4-6(8)2-5(10(11)12)3-7(4)9/h2-3H,1H3;2-3H,1H3. The fraction of sp³-hybridized carbons (Fsp3) is 0.133. The number of non-ortho nitro benzene ring substituents is 1. The molecule has 2 rings (SSSR count). The summed E-state index contributed by atoms with van der Waals surface area (Å²) in [6.45, 7) is 2.54. The molecule has 0 amide bonds. The fourth-order valence-corrected chi connectivity index (χ4v) is 1.45. The Hall–Kier alpha value is -2.95. The van der Waals surface area contributed by atoms with Crippen LogP contribution >= 0.6 is 0 Å². The minimum atomic E-state index is -0.901. The number of nitrogens with zero attached hydrogens (tertiary/aromatic N) is 2. The van der Waals surface area contributed by atoms with E-state index in [1.807, 2.05) is 0 Å². The van der Waals surface area contributed by atoms with E-state index in [4.69, 9.17) is 5.26 Å². The SMILES string of the molecule is Cc1c(F)cc(C#N)cc1F.Cc1c(F)cc([N+](=O)[O-])cc1F. The minimum absolute atomic E-state index is 0.00519. The van der Waals surface area contributed by atoms with Gasteiger partial charge in [0.2, 0.25) is 0 Å². The number of nitro benzene ring substituents is 1. The summed E-state index contributed by atoms with van der Waals surface area (Å²) >= 11 is 0. The van der Waals surface area contributed by atoms with Crippen molar-refractivity contribution < 1.29 is 22.5 Å². The summed E-state index contributed by atoms with van der Waals surface area (Å²) in [5.74, 6) is -3.16. The maximum atomic E-state index is 12.7. The van der Waals surface area contributed by atoms with Gasteiger partial charge in [0.25, 0.3) is 5.69 Å². The van der Waals surface area contributed by atoms with Crippen molar-refractivity contribution in [3.8, 4) is 6.07 Å². The van der Waals surface area contributed by atoms with Crippen molar-refractivity contribution in [2.24, 2.45) is 0 Å². The lowest BCUT2D eigenvalue weighted by molar-refractivity contribution is -0.385. The molecule has 23 heavy (non-hydrogen) atoms. The number of hydrogen-bond donors (Lipinski definition) is 0. The van der Waals surface area contributed by atoms with Gasteiger partial charge >= 0.3 is 0 Å². The molecule has 0 saturated heterocycles. The van der Waals surface area contributed by atoms with Gasteiger partial charge in [-0.2, -0.15) is 5.26 Å². The lowest BCUT2D eigenvalue weighted by atomic mass is 10.1. The van der Waals surface area contributed by atoms with Crippen molar-refractivity contribution in [3.05, 3.63) is 74.3 Å².